The van der Waals surface area contributed by atoms with E-state index in [4.69, 9.17) is 4.74 Å². The average Bonchev–Trinajstić information content (AvgIpc) is 2.05. The number of hydrogen-bond acceptors (Lipinski definition) is 3. The Morgan fingerprint density at radius 1 is 1.58 bits per heavy atom. The van der Waals surface area contributed by atoms with E-state index in [1.54, 1.807) is 13.3 Å². The van der Waals surface area contributed by atoms with E-state index in [1.807, 2.05) is 18.2 Å². The van der Waals surface area contributed by atoms with E-state index in [0.717, 1.165) is 18.8 Å². The van der Waals surface area contributed by atoms with Crippen LogP contribution in [0.1, 0.15) is 6.42 Å². The van der Waals surface area contributed by atoms with Crippen LogP contribution in [0.3, 0.4) is 0 Å². The summed E-state index contributed by atoms with van der Waals surface area (Å²) in [5.41, 5.74) is 0. The van der Waals surface area contributed by atoms with Gasteiger partial charge in [0.2, 0.25) is 0 Å². The molecule has 1 unspecified atom stereocenters. The first-order chi connectivity index (χ1) is 5.92. The molecule has 3 nitrogen and oxygen atoms in total. The van der Waals surface area contributed by atoms with Crippen molar-refractivity contribution in [1.29, 1.82) is 0 Å². The molecule has 0 N–H and O–H groups in total. The van der Waals surface area contributed by atoms with Gasteiger partial charge in [-0.1, -0.05) is 6.07 Å². The Morgan fingerprint density at radius 2 is 2.50 bits per heavy atom. The van der Waals surface area contributed by atoms with Crippen molar-refractivity contribution in [3.8, 4) is 0 Å². The summed E-state index contributed by atoms with van der Waals surface area (Å²) in [5.74, 6) is 1.01. The van der Waals surface area contributed by atoms with Crippen molar-refractivity contribution in [3.05, 3.63) is 24.4 Å². The van der Waals surface area contributed by atoms with E-state index in [9.17, 15) is 0 Å². The lowest BCUT2D eigenvalue weighted by Gasteiger charge is -2.40. The molecule has 2 heterocycles. The molecule has 64 valence electrons. The number of methoxy groups -OCH3 is 1. The predicted molar refractivity (Wildman–Crippen MR) is 47.0 cm³/mol. The molecule has 0 amide bonds. The molecule has 0 spiro atoms. The van der Waals surface area contributed by atoms with Gasteiger partial charge in [-0.3, -0.25) is 0 Å². The highest BCUT2D eigenvalue weighted by atomic mass is 16.5. The third-order valence-electron chi connectivity index (χ3n) is 2.18. The smallest absolute Gasteiger partial charge is 0.132 e. The number of nitrogens with zero attached hydrogens (tertiary/aromatic N) is 2. The summed E-state index contributed by atoms with van der Waals surface area (Å²) >= 11 is 0. The molecule has 12 heavy (non-hydrogen) atoms. The number of ether oxygens (including phenoxy) is 1. The van der Waals surface area contributed by atoms with Crippen LogP contribution in [0.5, 0.6) is 0 Å². The third kappa shape index (κ3) is 1.16. The first kappa shape index (κ1) is 7.55. The van der Waals surface area contributed by atoms with Crippen LogP contribution in [0.25, 0.3) is 0 Å². The zero-order chi connectivity index (χ0) is 8.39. The molecule has 0 bridgehead atoms. The topological polar surface area (TPSA) is 25.4 Å². The summed E-state index contributed by atoms with van der Waals surface area (Å²) in [5, 5.41) is 0. The highest BCUT2D eigenvalue weighted by Crippen LogP contribution is 2.23. The minimum absolute atomic E-state index is 0.236. The van der Waals surface area contributed by atoms with Crippen LogP contribution < -0.4 is 4.90 Å². The summed E-state index contributed by atoms with van der Waals surface area (Å²) in [4.78, 5) is 6.40. The van der Waals surface area contributed by atoms with E-state index >= 15 is 0 Å². The molecule has 1 aromatic heterocycles. The number of aromatic nitrogens is 1. The van der Waals surface area contributed by atoms with Crippen molar-refractivity contribution in [3.63, 3.8) is 0 Å². The normalized spacial score (nSPS) is 22.1. The van der Waals surface area contributed by atoms with Gasteiger partial charge < -0.3 is 9.64 Å². The quantitative estimate of drug-likeness (QED) is 0.658. The van der Waals surface area contributed by atoms with Crippen LogP contribution in [-0.2, 0) is 4.74 Å². The van der Waals surface area contributed by atoms with E-state index in [2.05, 4.69) is 9.88 Å². The number of pyridine rings is 1. The van der Waals surface area contributed by atoms with Gasteiger partial charge in [0.05, 0.1) is 0 Å². The lowest BCUT2D eigenvalue weighted by atomic mass is 10.2. The second-order valence-electron chi connectivity index (χ2n) is 2.86. The largest absolute Gasteiger partial charge is 0.362 e. The fraction of sp³-hybridized carbons (Fsp3) is 0.444. The van der Waals surface area contributed by atoms with Gasteiger partial charge in [-0.05, 0) is 12.1 Å². The Kier molecular flexibility index (Phi) is 1.96. The number of hydrogen-bond donors (Lipinski definition) is 0. The molecular weight excluding hydrogens is 152 g/mol. The zero-order valence-electron chi connectivity index (χ0n) is 7.10. The minimum atomic E-state index is 0.236. The third-order valence-corrected chi connectivity index (χ3v) is 2.18. The van der Waals surface area contributed by atoms with Crippen LogP contribution in [0.15, 0.2) is 24.4 Å². The zero-order valence-corrected chi connectivity index (χ0v) is 7.10. The van der Waals surface area contributed by atoms with Crippen LogP contribution in [0, 0.1) is 0 Å². The molecule has 1 saturated heterocycles. The van der Waals surface area contributed by atoms with E-state index < -0.39 is 0 Å². The summed E-state index contributed by atoms with van der Waals surface area (Å²) in [6.45, 7) is 1.05. The van der Waals surface area contributed by atoms with Gasteiger partial charge in [-0.2, -0.15) is 0 Å². The second kappa shape index (κ2) is 3.11. The molecule has 0 radical (unpaired) electrons. The highest BCUT2D eigenvalue weighted by Gasteiger charge is 2.28. The summed E-state index contributed by atoms with van der Waals surface area (Å²) in [6.07, 6.45) is 3.15. The monoisotopic (exact) mass is 164 g/mol. The van der Waals surface area contributed by atoms with Crippen molar-refractivity contribution < 1.29 is 4.74 Å². The molecule has 1 aliphatic heterocycles. The standard InChI is InChI=1S/C9H12N2O/c1-12-9-5-7-11(9)8-4-2-3-6-10-8/h2-4,6,9H,5,7H2,1H3. The highest BCUT2D eigenvalue weighted by molar-refractivity contribution is 5.41. The molecule has 1 atom stereocenters. The Labute approximate surface area is 72.0 Å². The van der Waals surface area contributed by atoms with Crippen molar-refractivity contribution in [2.75, 3.05) is 18.6 Å². The summed E-state index contributed by atoms with van der Waals surface area (Å²) in [7, 11) is 1.74. The van der Waals surface area contributed by atoms with Crippen LogP contribution in [-0.4, -0.2) is 24.9 Å². The second-order valence-corrected chi connectivity index (χ2v) is 2.86. The van der Waals surface area contributed by atoms with Gasteiger partial charge in [0.25, 0.3) is 0 Å². The maximum Gasteiger partial charge on any atom is 0.132 e. The van der Waals surface area contributed by atoms with Crippen LogP contribution >= 0.6 is 0 Å². The lowest BCUT2D eigenvalue weighted by Crippen LogP contribution is -2.49. The Hall–Kier alpha value is -1.09. The van der Waals surface area contributed by atoms with Crippen molar-refractivity contribution in [2.24, 2.45) is 0 Å². The molecular formula is C9H12N2O. The fourth-order valence-electron chi connectivity index (χ4n) is 1.39. The Balaban J connectivity index is 2.11. The lowest BCUT2D eigenvalue weighted by molar-refractivity contribution is 0.0551. The van der Waals surface area contributed by atoms with Crippen molar-refractivity contribution in [1.82, 2.24) is 4.98 Å². The molecule has 1 aliphatic rings. The molecule has 1 aromatic rings. The number of rotatable bonds is 2. The van der Waals surface area contributed by atoms with Gasteiger partial charge >= 0.3 is 0 Å². The summed E-state index contributed by atoms with van der Waals surface area (Å²) < 4.78 is 5.24. The predicted octanol–water partition coefficient (Wildman–Crippen LogP) is 1.26. The van der Waals surface area contributed by atoms with E-state index in [0.29, 0.717) is 0 Å². The molecule has 2 rings (SSSR count). The van der Waals surface area contributed by atoms with Gasteiger partial charge in [0.1, 0.15) is 12.0 Å². The van der Waals surface area contributed by atoms with E-state index in [1.165, 1.54) is 0 Å². The Morgan fingerprint density at radius 3 is 3.00 bits per heavy atom. The van der Waals surface area contributed by atoms with Crippen molar-refractivity contribution in [2.45, 2.75) is 12.6 Å². The SMILES string of the molecule is COC1CCN1c1ccccn1. The van der Waals surface area contributed by atoms with E-state index in [-0.39, 0.29) is 6.23 Å². The van der Waals surface area contributed by atoms with Crippen LogP contribution in [0.4, 0.5) is 5.82 Å². The average molecular weight is 164 g/mol. The molecule has 0 aliphatic carbocycles. The van der Waals surface area contributed by atoms with Gasteiger partial charge in [0, 0.05) is 26.3 Å². The van der Waals surface area contributed by atoms with Gasteiger partial charge in [-0.15, -0.1) is 0 Å². The number of anilines is 1. The minimum Gasteiger partial charge on any atom is -0.362 e. The maximum absolute atomic E-state index is 5.24. The first-order valence-electron chi connectivity index (χ1n) is 4.12. The molecule has 3 heteroatoms. The summed E-state index contributed by atoms with van der Waals surface area (Å²) in [6, 6.07) is 5.92. The molecule has 0 saturated carbocycles. The molecule has 1 fully saturated rings. The van der Waals surface area contributed by atoms with Gasteiger partial charge in [-0.25, -0.2) is 4.98 Å². The maximum atomic E-state index is 5.24. The Bertz CT molecular complexity index is 248. The first-order valence-corrected chi connectivity index (χ1v) is 4.12. The fourth-order valence-corrected chi connectivity index (χ4v) is 1.39. The van der Waals surface area contributed by atoms with Crippen molar-refractivity contribution >= 4 is 5.82 Å². The van der Waals surface area contributed by atoms with Crippen LogP contribution in [0.2, 0.25) is 0 Å². The van der Waals surface area contributed by atoms with Gasteiger partial charge in [0.15, 0.2) is 0 Å². The molecule has 0 aromatic carbocycles.